The highest BCUT2D eigenvalue weighted by molar-refractivity contribution is 5.96. The third-order valence-electron chi connectivity index (χ3n) is 2.67. The number of hydrogen-bond acceptors (Lipinski definition) is 2. The van der Waals surface area contributed by atoms with Crippen LogP contribution >= 0.6 is 0 Å². The van der Waals surface area contributed by atoms with Crippen LogP contribution in [0.15, 0.2) is 42.7 Å². The minimum Gasteiger partial charge on any atom is -0.477 e. The molecule has 0 aliphatic heterocycles. The maximum Gasteiger partial charge on any atom is 0.352 e. The summed E-state index contributed by atoms with van der Waals surface area (Å²) in [5.41, 5.74) is 1.79. The van der Waals surface area contributed by atoms with E-state index in [9.17, 15) is 9.90 Å². The van der Waals surface area contributed by atoms with Crippen LogP contribution in [0.3, 0.4) is 0 Å². The highest BCUT2D eigenvalue weighted by Crippen LogP contribution is 2.23. The summed E-state index contributed by atoms with van der Waals surface area (Å²) in [6, 6.07) is 9.19. The Balaban J connectivity index is 2.40. The second-order valence-electron chi connectivity index (χ2n) is 3.69. The number of aromatic carboxylic acids is 1. The van der Waals surface area contributed by atoms with Crippen molar-refractivity contribution in [3.8, 4) is 5.69 Å². The summed E-state index contributed by atoms with van der Waals surface area (Å²) >= 11 is 0. The minimum atomic E-state index is -0.956. The quantitative estimate of drug-likeness (QED) is 0.703. The fraction of sp³-hybridized carbons (Fsp3) is 0. The Labute approximate surface area is 96.3 Å². The van der Waals surface area contributed by atoms with Crippen molar-refractivity contribution in [3.63, 3.8) is 0 Å². The molecular formula is C12H9N3O2. The van der Waals surface area contributed by atoms with Crippen molar-refractivity contribution >= 4 is 16.9 Å². The molecule has 2 N–H and O–H groups in total. The first-order chi connectivity index (χ1) is 8.27. The van der Waals surface area contributed by atoms with Crippen molar-refractivity contribution in [3.05, 3.63) is 48.4 Å². The first-order valence-electron chi connectivity index (χ1n) is 5.10. The lowest BCUT2D eigenvalue weighted by molar-refractivity contribution is 0.0688. The summed E-state index contributed by atoms with van der Waals surface area (Å²) in [6.07, 6.45) is 3.26. The van der Waals surface area contributed by atoms with Gasteiger partial charge in [0.05, 0.1) is 17.4 Å². The highest BCUT2D eigenvalue weighted by atomic mass is 16.4. The molecule has 3 aromatic rings. The standard InChI is InChI=1S/C12H9N3O2/c16-12(17)11-5-8-3-1-2-4-10(8)15(11)9-6-13-14-7-9/h1-7H,(H,13,14)(H,16,17). The molecule has 0 aliphatic carbocycles. The van der Waals surface area contributed by atoms with Gasteiger partial charge in [0.2, 0.25) is 0 Å². The average molecular weight is 227 g/mol. The summed E-state index contributed by atoms with van der Waals surface area (Å²) < 4.78 is 1.67. The fourth-order valence-corrected chi connectivity index (χ4v) is 1.96. The maximum atomic E-state index is 11.2. The molecule has 17 heavy (non-hydrogen) atoms. The van der Waals surface area contributed by atoms with Gasteiger partial charge in [-0.1, -0.05) is 18.2 Å². The van der Waals surface area contributed by atoms with Gasteiger partial charge in [-0.2, -0.15) is 5.10 Å². The van der Waals surface area contributed by atoms with Crippen LogP contribution in [0.1, 0.15) is 10.5 Å². The summed E-state index contributed by atoms with van der Waals surface area (Å²) in [5, 5.41) is 16.6. The number of nitrogens with zero attached hydrogens (tertiary/aromatic N) is 2. The monoisotopic (exact) mass is 227 g/mol. The second kappa shape index (κ2) is 3.48. The zero-order chi connectivity index (χ0) is 11.8. The van der Waals surface area contributed by atoms with Crippen molar-refractivity contribution in [1.29, 1.82) is 0 Å². The van der Waals surface area contributed by atoms with Crippen LogP contribution in [-0.2, 0) is 0 Å². The molecule has 1 aromatic carbocycles. The van der Waals surface area contributed by atoms with Crippen LogP contribution in [0.5, 0.6) is 0 Å². The highest BCUT2D eigenvalue weighted by Gasteiger charge is 2.15. The van der Waals surface area contributed by atoms with Gasteiger partial charge in [0, 0.05) is 11.6 Å². The number of carbonyl (C=O) groups is 1. The number of fused-ring (bicyclic) bond motifs is 1. The Morgan fingerprint density at radius 1 is 1.35 bits per heavy atom. The number of carboxylic acids is 1. The van der Waals surface area contributed by atoms with Gasteiger partial charge in [-0.15, -0.1) is 0 Å². The van der Waals surface area contributed by atoms with Crippen LogP contribution in [0, 0.1) is 0 Å². The van der Waals surface area contributed by atoms with Gasteiger partial charge in [0.25, 0.3) is 0 Å². The molecule has 2 aromatic heterocycles. The van der Waals surface area contributed by atoms with E-state index in [0.717, 1.165) is 10.9 Å². The number of hydrogen-bond donors (Lipinski definition) is 2. The lowest BCUT2D eigenvalue weighted by Gasteiger charge is -2.04. The topological polar surface area (TPSA) is 70.9 Å². The van der Waals surface area contributed by atoms with E-state index < -0.39 is 5.97 Å². The predicted molar refractivity (Wildman–Crippen MR) is 62.4 cm³/mol. The lowest BCUT2D eigenvalue weighted by Crippen LogP contribution is -2.05. The number of H-pyrrole nitrogens is 1. The molecule has 0 fully saturated rings. The van der Waals surface area contributed by atoms with Crippen molar-refractivity contribution in [2.75, 3.05) is 0 Å². The van der Waals surface area contributed by atoms with Crippen molar-refractivity contribution < 1.29 is 9.90 Å². The minimum absolute atomic E-state index is 0.229. The van der Waals surface area contributed by atoms with E-state index in [1.54, 1.807) is 23.0 Å². The summed E-state index contributed by atoms with van der Waals surface area (Å²) in [5.74, 6) is -0.956. The molecule has 0 spiro atoms. The number of aromatic amines is 1. The van der Waals surface area contributed by atoms with Crippen LogP contribution in [0.25, 0.3) is 16.6 Å². The summed E-state index contributed by atoms with van der Waals surface area (Å²) in [6.45, 7) is 0. The number of aromatic nitrogens is 3. The molecular weight excluding hydrogens is 218 g/mol. The van der Waals surface area contributed by atoms with Crippen LogP contribution < -0.4 is 0 Å². The Bertz CT molecular complexity index is 683. The molecule has 0 unspecified atom stereocenters. The number of benzene rings is 1. The lowest BCUT2D eigenvalue weighted by atomic mass is 10.2. The molecule has 5 nitrogen and oxygen atoms in total. The van der Waals surface area contributed by atoms with Crippen LogP contribution in [0.4, 0.5) is 0 Å². The Morgan fingerprint density at radius 3 is 2.88 bits per heavy atom. The van der Waals surface area contributed by atoms with Crippen LogP contribution in [0.2, 0.25) is 0 Å². The van der Waals surface area contributed by atoms with Gasteiger partial charge in [0.15, 0.2) is 0 Å². The molecule has 84 valence electrons. The van der Waals surface area contributed by atoms with Gasteiger partial charge in [-0.05, 0) is 12.1 Å². The zero-order valence-electron chi connectivity index (χ0n) is 8.79. The molecule has 3 rings (SSSR count). The number of para-hydroxylation sites is 1. The predicted octanol–water partition coefficient (Wildman–Crippen LogP) is 2.05. The van der Waals surface area contributed by atoms with Crippen molar-refractivity contribution in [2.24, 2.45) is 0 Å². The van der Waals surface area contributed by atoms with Crippen LogP contribution in [-0.4, -0.2) is 25.8 Å². The van der Waals surface area contributed by atoms with E-state index in [1.165, 1.54) is 0 Å². The van der Waals surface area contributed by atoms with Gasteiger partial charge in [-0.25, -0.2) is 4.79 Å². The van der Waals surface area contributed by atoms with Gasteiger partial charge >= 0.3 is 5.97 Å². The third kappa shape index (κ3) is 1.40. The number of carboxylic acid groups (broad SMARTS) is 1. The molecule has 2 heterocycles. The molecule has 0 saturated heterocycles. The molecule has 0 saturated carbocycles. The van der Waals surface area contributed by atoms with E-state index >= 15 is 0 Å². The normalized spacial score (nSPS) is 10.8. The molecule has 0 amide bonds. The summed E-state index contributed by atoms with van der Waals surface area (Å²) in [4.78, 5) is 11.2. The fourth-order valence-electron chi connectivity index (χ4n) is 1.96. The third-order valence-corrected chi connectivity index (χ3v) is 2.67. The number of rotatable bonds is 2. The molecule has 0 aliphatic rings. The average Bonchev–Trinajstić information content (AvgIpc) is 2.94. The molecule has 0 bridgehead atoms. The summed E-state index contributed by atoms with van der Waals surface area (Å²) in [7, 11) is 0. The van der Waals surface area contributed by atoms with E-state index in [0.29, 0.717) is 5.69 Å². The van der Waals surface area contributed by atoms with Gasteiger partial charge in [-0.3, -0.25) is 5.10 Å². The second-order valence-corrected chi connectivity index (χ2v) is 3.69. The zero-order valence-corrected chi connectivity index (χ0v) is 8.79. The molecule has 0 atom stereocenters. The Morgan fingerprint density at radius 2 is 2.18 bits per heavy atom. The first kappa shape index (κ1) is 9.65. The SMILES string of the molecule is O=C(O)c1cc2ccccc2n1-c1cn[nH]c1. The maximum absolute atomic E-state index is 11.2. The van der Waals surface area contributed by atoms with E-state index in [-0.39, 0.29) is 5.69 Å². The smallest absolute Gasteiger partial charge is 0.352 e. The van der Waals surface area contributed by atoms with E-state index in [2.05, 4.69) is 10.2 Å². The Hall–Kier alpha value is -2.56. The molecule has 0 radical (unpaired) electrons. The number of nitrogens with one attached hydrogen (secondary N) is 1. The van der Waals surface area contributed by atoms with Gasteiger partial charge in [0.1, 0.15) is 5.69 Å². The van der Waals surface area contributed by atoms with Gasteiger partial charge < -0.3 is 9.67 Å². The Kier molecular flexibility index (Phi) is 1.98. The first-order valence-corrected chi connectivity index (χ1v) is 5.10. The van der Waals surface area contributed by atoms with Crippen molar-refractivity contribution in [1.82, 2.24) is 14.8 Å². The van der Waals surface area contributed by atoms with E-state index in [4.69, 9.17) is 0 Å². The van der Waals surface area contributed by atoms with Crippen molar-refractivity contribution in [2.45, 2.75) is 0 Å². The largest absolute Gasteiger partial charge is 0.477 e. The van der Waals surface area contributed by atoms with E-state index in [1.807, 2.05) is 24.3 Å². The molecule has 5 heteroatoms.